The molecule has 1 aromatic carbocycles. The Morgan fingerprint density at radius 2 is 2.18 bits per heavy atom. The molecule has 6 heteroatoms. The molecule has 0 aliphatic rings. The SMILES string of the molecule is CCCOC(=NCCC[NH+](C)C)NC(=O)c1cccc(F)c1. The number of nitrogens with zero attached hydrogens (tertiary/aromatic N) is 1. The Hall–Kier alpha value is -1.95. The fourth-order valence-electron chi connectivity index (χ4n) is 1.73. The fourth-order valence-corrected chi connectivity index (χ4v) is 1.73. The first-order valence-electron chi connectivity index (χ1n) is 7.56. The molecule has 1 amide bonds. The lowest BCUT2D eigenvalue weighted by molar-refractivity contribution is -0.858. The number of amides is 1. The lowest BCUT2D eigenvalue weighted by Crippen LogP contribution is -3.05. The van der Waals surface area contributed by atoms with Crippen molar-refractivity contribution in [2.45, 2.75) is 19.8 Å². The molecule has 0 saturated carbocycles. The molecular formula is C16H25FN3O2+. The maximum Gasteiger partial charge on any atom is 0.291 e. The van der Waals surface area contributed by atoms with Crippen molar-refractivity contribution in [3.63, 3.8) is 0 Å². The topological polar surface area (TPSA) is 55.1 Å². The monoisotopic (exact) mass is 310 g/mol. The number of aliphatic imine (C=N–C) groups is 1. The van der Waals surface area contributed by atoms with Crippen LogP contribution in [-0.4, -0.2) is 45.7 Å². The van der Waals surface area contributed by atoms with Gasteiger partial charge in [-0.2, -0.15) is 0 Å². The van der Waals surface area contributed by atoms with Gasteiger partial charge in [0.15, 0.2) is 0 Å². The zero-order valence-electron chi connectivity index (χ0n) is 13.5. The average Bonchev–Trinajstić information content (AvgIpc) is 2.48. The molecule has 0 saturated heterocycles. The number of carbonyl (C=O) groups excluding carboxylic acids is 1. The standard InChI is InChI=1S/C16H24FN3O2/c1-4-11-22-16(18-9-6-10-20(2)3)19-15(21)13-7-5-8-14(17)12-13/h5,7-8,12H,4,6,9-11H2,1-3H3,(H,18,19,21)/p+1. The van der Waals surface area contributed by atoms with E-state index in [0.717, 1.165) is 19.4 Å². The van der Waals surface area contributed by atoms with Crippen LogP contribution >= 0.6 is 0 Å². The number of ether oxygens (including phenoxy) is 1. The van der Waals surface area contributed by atoms with Gasteiger partial charge in [0, 0.05) is 18.5 Å². The molecule has 0 atom stereocenters. The molecule has 0 bridgehead atoms. The van der Waals surface area contributed by atoms with Crippen molar-refractivity contribution in [1.29, 1.82) is 0 Å². The number of hydrogen-bond acceptors (Lipinski definition) is 3. The summed E-state index contributed by atoms with van der Waals surface area (Å²) in [5.41, 5.74) is 0.241. The summed E-state index contributed by atoms with van der Waals surface area (Å²) in [4.78, 5) is 17.7. The Bertz CT molecular complexity index is 504. The predicted octanol–water partition coefficient (Wildman–Crippen LogP) is 0.873. The summed E-state index contributed by atoms with van der Waals surface area (Å²) in [7, 11) is 4.15. The third-order valence-electron chi connectivity index (χ3n) is 2.84. The highest BCUT2D eigenvalue weighted by atomic mass is 19.1. The number of hydrogen-bond donors (Lipinski definition) is 2. The third kappa shape index (κ3) is 7.17. The second-order valence-corrected chi connectivity index (χ2v) is 5.31. The summed E-state index contributed by atoms with van der Waals surface area (Å²) in [6.45, 7) is 4.01. The van der Waals surface area contributed by atoms with Crippen LogP contribution in [-0.2, 0) is 4.74 Å². The van der Waals surface area contributed by atoms with Crippen molar-refractivity contribution in [2.24, 2.45) is 4.99 Å². The quantitative estimate of drug-likeness (QED) is 0.446. The number of quaternary nitrogens is 1. The van der Waals surface area contributed by atoms with Crippen LogP contribution in [0.25, 0.3) is 0 Å². The van der Waals surface area contributed by atoms with Gasteiger partial charge < -0.3 is 9.64 Å². The van der Waals surface area contributed by atoms with Gasteiger partial charge in [0.1, 0.15) is 5.82 Å². The van der Waals surface area contributed by atoms with Crippen molar-refractivity contribution >= 4 is 11.9 Å². The van der Waals surface area contributed by atoms with Gasteiger partial charge in [0.25, 0.3) is 11.9 Å². The molecule has 1 rings (SSSR count). The highest BCUT2D eigenvalue weighted by Crippen LogP contribution is 2.03. The molecule has 0 heterocycles. The van der Waals surface area contributed by atoms with E-state index in [1.807, 2.05) is 6.92 Å². The van der Waals surface area contributed by atoms with Gasteiger partial charge in [0.2, 0.25) is 0 Å². The van der Waals surface area contributed by atoms with Crippen molar-refractivity contribution in [3.05, 3.63) is 35.6 Å². The number of benzene rings is 1. The Kier molecular flexibility index (Phi) is 8.14. The summed E-state index contributed by atoms with van der Waals surface area (Å²) >= 11 is 0. The van der Waals surface area contributed by atoms with E-state index in [4.69, 9.17) is 4.74 Å². The van der Waals surface area contributed by atoms with E-state index in [2.05, 4.69) is 24.4 Å². The van der Waals surface area contributed by atoms with Gasteiger partial charge in [-0.05, 0) is 24.6 Å². The van der Waals surface area contributed by atoms with Gasteiger partial charge >= 0.3 is 0 Å². The largest absolute Gasteiger partial charge is 0.465 e. The molecule has 0 aliphatic heterocycles. The van der Waals surface area contributed by atoms with Crippen LogP contribution in [0, 0.1) is 5.82 Å². The normalized spacial score (nSPS) is 11.6. The highest BCUT2D eigenvalue weighted by Gasteiger charge is 2.10. The second-order valence-electron chi connectivity index (χ2n) is 5.31. The first-order chi connectivity index (χ1) is 10.5. The van der Waals surface area contributed by atoms with Crippen LogP contribution in [0.3, 0.4) is 0 Å². The summed E-state index contributed by atoms with van der Waals surface area (Å²) in [6.07, 6.45) is 1.72. The zero-order valence-corrected chi connectivity index (χ0v) is 13.5. The van der Waals surface area contributed by atoms with Crippen molar-refractivity contribution in [2.75, 3.05) is 33.8 Å². The molecule has 0 radical (unpaired) electrons. The average molecular weight is 310 g/mol. The molecule has 0 spiro atoms. The van der Waals surface area contributed by atoms with E-state index >= 15 is 0 Å². The number of carbonyl (C=O) groups is 1. The Balaban J connectivity index is 2.63. The van der Waals surface area contributed by atoms with Gasteiger partial charge in [-0.3, -0.25) is 10.1 Å². The summed E-state index contributed by atoms with van der Waals surface area (Å²) in [5.74, 6) is -0.873. The van der Waals surface area contributed by atoms with E-state index in [1.165, 1.54) is 23.1 Å². The van der Waals surface area contributed by atoms with E-state index < -0.39 is 11.7 Å². The number of rotatable bonds is 7. The van der Waals surface area contributed by atoms with Gasteiger partial charge in [-0.1, -0.05) is 13.0 Å². The lowest BCUT2D eigenvalue weighted by Gasteiger charge is -2.10. The first-order valence-corrected chi connectivity index (χ1v) is 7.56. The highest BCUT2D eigenvalue weighted by molar-refractivity contribution is 6.04. The maximum atomic E-state index is 13.1. The van der Waals surface area contributed by atoms with Crippen LogP contribution < -0.4 is 10.2 Å². The zero-order chi connectivity index (χ0) is 16.4. The van der Waals surface area contributed by atoms with E-state index in [1.54, 1.807) is 6.07 Å². The Morgan fingerprint density at radius 3 is 2.82 bits per heavy atom. The molecule has 0 unspecified atom stereocenters. The third-order valence-corrected chi connectivity index (χ3v) is 2.84. The summed E-state index contributed by atoms with van der Waals surface area (Å²) < 4.78 is 18.6. The number of halogens is 1. The van der Waals surface area contributed by atoms with E-state index in [9.17, 15) is 9.18 Å². The molecule has 0 fully saturated rings. The van der Waals surface area contributed by atoms with Crippen molar-refractivity contribution < 1.29 is 18.8 Å². The second kappa shape index (κ2) is 9.89. The van der Waals surface area contributed by atoms with Gasteiger partial charge in [0.05, 0.1) is 27.2 Å². The lowest BCUT2D eigenvalue weighted by atomic mass is 10.2. The smallest absolute Gasteiger partial charge is 0.291 e. The Morgan fingerprint density at radius 1 is 1.41 bits per heavy atom. The fraction of sp³-hybridized carbons (Fsp3) is 0.500. The minimum atomic E-state index is -0.449. The van der Waals surface area contributed by atoms with Crippen LogP contribution in [0.15, 0.2) is 29.3 Å². The molecule has 2 N–H and O–H groups in total. The predicted molar refractivity (Wildman–Crippen MR) is 84.7 cm³/mol. The minimum Gasteiger partial charge on any atom is -0.465 e. The molecule has 5 nitrogen and oxygen atoms in total. The van der Waals surface area contributed by atoms with Crippen molar-refractivity contribution in [1.82, 2.24) is 5.32 Å². The van der Waals surface area contributed by atoms with Crippen LogP contribution in [0.1, 0.15) is 30.1 Å². The minimum absolute atomic E-state index is 0.199. The molecule has 22 heavy (non-hydrogen) atoms. The number of nitrogens with one attached hydrogen (secondary N) is 2. The van der Waals surface area contributed by atoms with Gasteiger partial charge in [-0.15, -0.1) is 0 Å². The number of amidine groups is 1. The van der Waals surface area contributed by atoms with Crippen molar-refractivity contribution in [3.8, 4) is 0 Å². The van der Waals surface area contributed by atoms with Gasteiger partial charge in [-0.25, -0.2) is 9.38 Å². The van der Waals surface area contributed by atoms with Crippen LogP contribution in [0.5, 0.6) is 0 Å². The molecule has 0 aromatic heterocycles. The first kappa shape index (κ1) is 18.1. The molecular weight excluding hydrogens is 285 g/mol. The van der Waals surface area contributed by atoms with Crippen LogP contribution in [0.2, 0.25) is 0 Å². The molecule has 122 valence electrons. The van der Waals surface area contributed by atoms with E-state index in [-0.39, 0.29) is 11.6 Å². The summed E-state index contributed by atoms with van der Waals surface area (Å²) in [6, 6.07) is 5.72. The Labute approximate surface area is 131 Å². The van der Waals surface area contributed by atoms with Crippen LogP contribution in [0.4, 0.5) is 4.39 Å². The molecule has 1 aromatic rings. The molecule has 0 aliphatic carbocycles. The summed E-state index contributed by atoms with van der Waals surface area (Å²) in [5, 5.41) is 2.60. The van der Waals surface area contributed by atoms with E-state index in [0.29, 0.717) is 13.2 Å². The maximum absolute atomic E-state index is 13.1.